The SMILES string of the molecule is N#CCc1ccc(C2CCCCC2)c2ccccc12. The number of hydrogen-bond acceptors (Lipinski definition) is 1. The van der Waals surface area contributed by atoms with Gasteiger partial charge >= 0.3 is 0 Å². The van der Waals surface area contributed by atoms with Crippen LogP contribution in [0.4, 0.5) is 0 Å². The summed E-state index contributed by atoms with van der Waals surface area (Å²) in [6.45, 7) is 0. The lowest BCUT2D eigenvalue weighted by molar-refractivity contribution is 0.445. The zero-order valence-electron chi connectivity index (χ0n) is 11.2. The van der Waals surface area contributed by atoms with Crippen molar-refractivity contribution in [2.45, 2.75) is 44.4 Å². The second-order valence-electron chi connectivity index (χ2n) is 5.53. The molecule has 2 aromatic rings. The Kier molecular flexibility index (Phi) is 3.51. The average Bonchev–Trinajstić information content (AvgIpc) is 2.49. The molecule has 0 amide bonds. The molecule has 2 aromatic carbocycles. The van der Waals surface area contributed by atoms with Crippen molar-refractivity contribution < 1.29 is 0 Å². The molecule has 1 nitrogen and oxygen atoms in total. The van der Waals surface area contributed by atoms with Crippen LogP contribution < -0.4 is 0 Å². The van der Waals surface area contributed by atoms with E-state index in [9.17, 15) is 0 Å². The first-order chi connectivity index (χ1) is 9.40. The Labute approximate surface area is 114 Å². The summed E-state index contributed by atoms with van der Waals surface area (Å²) >= 11 is 0. The van der Waals surface area contributed by atoms with Crippen molar-refractivity contribution in [3.05, 3.63) is 47.5 Å². The summed E-state index contributed by atoms with van der Waals surface area (Å²) in [5.41, 5.74) is 2.66. The number of nitriles is 1. The molecular weight excluding hydrogens is 230 g/mol. The zero-order chi connectivity index (χ0) is 13.1. The van der Waals surface area contributed by atoms with Crippen LogP contribution in [-0.2, 0) is 6.42 Å². The first kappa shape index (κ1) is 12.2. The number of nitrogens with zero attached hydrogens (tertiary/aromatic N) is 1. The van der Waals surface area contributed by atoms with Gasteiger partial charge in [0.2, 0.25) is 0 Å². The third kappa shape index (κ3) is 2.36. The second kappa shape index (κ2) is 5.45. The Morgan fingerprint density at radius 3 is 2.42 bits per heavy atom. The fourth-order valence-electron chi connectivity index (χ4n) is 3.39. The summed E-state index contributed by atoms with van der Waals surface area (Å²) < 4.78 is 0. The number of rotatable bonds is 2. The summed E-state index contributed by atoms with van der Waals surface area (Å²) in [5, 5.41) is 11.6. The van der Waals surface area contributed by atoms with Gasteiger partial charge < -0.3 is 0 Å². The minimum absolute atomic E-state index is 0.505. The monoisotopic (exact) mass is 249 g/mol. The Morgan fingerprint density at radius 2 is 1.68 bits per heavy atom. The standard InChI is InChI=1S/C18H19N/c19-13-12-15-10-11-17(14-6-2-1-3-7-14)18-9-5-4-8-16(15)18/h4-5,8-11,14H,1-3,6-7,12H2. The lowest BCUT2D eigenvalue weighted by atomic mass is 9.81. The molecule has 0 atom stereocenters. The molecule has 1 saturated carbocycles. The van der Waals surface area contributed by atoms with E-state index in [4.69, 9.17) is 5.26 Å². The van der Waals surface area contributed by atoms with Gasteiger partial charge in [0.15, 0.2) is 0 Å². The van der Waals surface area contributed by atoms with Gasteiger partial charge in [0, 0.05) is 0 Å². The van der Waals surface area contributed by atoms with Crippen LogP contribution in [0.25, 0.3) is 10.8 Å². The molecule has 1 heteroatoms. The van der Waals surface area contributed by atoms with Crippen LogP contribution in [0.1, 0.15) is 49.1 Å². The first-order valence-corrected chi connectivity index (χ1v) is 7.27. The third-order valence-electron chi connectivity index (χ3n) is 4.36. The Balaban J connectivity index is 2.10. The van der Waals surface area contributed by atoms with Gasteiger partial charge in [-0.3, -0.25) is 0 Å². The van der Waals surface area contributed by atoms with Crippen LogP contribution in [0.5, 0.6) is 0 Å². The van der Waals surface area contributed by atoms with Crippen LogP contribution >= 0.6 is 0 Å². The molecule has 0 unspecified atom stereocenters. The fourth-order valence-corrected chi connectivity index (χ4v) is 3.39. The normalized spacial score (nSPS) is 16.4. The fraction of sp³-hybridized carbons (Fsp3) is 0.389. The Hall–Kier alpha value is -1.81. The minimum atomic E-state index is 0.505. The first-order valence-electron chi connectivity index (χ1n) is 7.27. The van der Waals surface area contributed by atoms with Crippen molar-refractivity contribution >= 4 is 10.8 Å². The smallest absolute Gasteiger partial charge is 0.0669 e. The van der Waals surface area contributed by atoms with Gasteiger partial charge in [-0.1, -0.05) is 55.7 Å². The number of fused-ring (bicyclic) bond motifs is 1. The molecule has 0 aromatic heterocycles. The molecule has 19 heavy (non-hydrogen) atoms. The molecule has 1 fully saturated rings. The van der Waals surface area contributed by atoms with E-state index in [1.54, 1.807) is 0 Å². The van der Waals surface area contributed by atoms with Gasteiger partial charge in [0.05, 0.1) is 12.5 Å². The van der Waals surface area contributed by atoms with Crippen LogP contribution in [0.3, 0.4) is 0 Å². The molecule has 0 bridgehead atoms. The molecular formula is C18H19N. The summed E-state index contributed by atoms with van der Waals surface area (Å²) in [6.07, 6.45) is 7.26. The van der Waals surface area contributed by atoms with Gasteiger partial charge in [-0.2, -0.15) is 5.26 Å². The summed E-state index contributed by atoms with van der Waals surface area (Å²) in [5.74, 6) is 0.717. The van der Waals surface area contributed by atoms with E-state index in [0.717, 1.165) is 11.5 Å². The molecule has 0 N–H and O–H groups in total. The van der Waals surface area contributed by atoms with Crippen molar-refractivity contribution in [2.75, 3.05) is 0 Å². The molecule has 1 aliphatic rings. The van der Waals surface area contributed by atoms with E-state index in [2.05, 4.69) is 42.5 Å². The number of hydrogen-bond donors (Lipinski definition) is 0. The molecule has 0 radical (unpaired) electrons. The maximum Gasteiger partial charge on any atom is 0.0669 e. The van der Waals surface area contributed by atoms with Crippen LogP contribution in [0, 0.1) is 11.3 Å². The van der Waals surface area contributed by atoms with Crippen LogP contribution in [0.2, 0.25) is 0 Å². The Morgan fingerprint density at radius 1 is 0.947 bits per heavy atom. The van der Waals surface area contributed by atoms with Gasteiger partial charge in [-0.05, 0) is 40.7 Å². The van der Waals surface area contributed by atoms with Crippen molar-refractivity contribution in [1.29, 1.82) is 5.26 Å². The van der Waals surface area contributed by atoms with E-state index in [1.807, 2.05) is 0 Å². The van der Waals surface area contributed by atoms with Crippen molar-refractivity contribution in [2.24, 2.45) is 0 Å². The highest BCUT2D eigenvalue weighted by molar-refractivity contribution is 5.89. The largest absolute Gasteiger partial charge is 0.198 e. The Bertz CT molecular complexity index is 615. The third-order valence-corrected chi connectivity index (χ3v) is 4.36. The second-order valence-corrected chi connectivity index (χ2v) is 5.53. The summed E-state index contributed by atoms with van der Waals surface area (Å²) in [7, 11) is 0. The maximum absolute atomic E-state index is 8.95. The molecule has 1 aliphatic carbocycles. The minimum Gasteiger partial charge on any atom is -0.198 e. The molecule has 0 aliphatic heterocycles. The molecule has 0 saturated heterocycles. The number of benzene rings is 2. The van der Waals surface area contributed by atoms with Gasteiger partial charge in [0.1, 0.15) is 0 Å². The van der Waals surface area contributed by atoms with E-state index in [1.165, 1.54) is 48.4 Å². The van der Waals surface area contributed by atoms with Crippen LogP contribution in [-0.4, -0.2) is 0 Å². The summed E-state index contributed by atoms with van der Waals surface area (Å²) in [4.78, 5) is 0. The average molecular weight is 249 g/mol. The molecule has 3 rings (SSSR count). The van der Waals surface area contributed by atoms with E-state index in [-0.39, 0.29) is 0 Å². The van der Waals surface area contributed by atoms with E-state index in [0.29, 0.717) is 6.42 Å². The van der Waals surface area contributed by atoms with Crippen molar-refractivity contribution in [3.8, 4) is 6.07 Å². The predicted molar refractivity (Wildman–Crippen MR) is 79.1 cm³/mol. The van der Waals surface area contributed by atoms with Gasteiger partial charge in [0.25, 0.3) is 0 Å². The van der Waals surface area contributed by atoms with Crippen LogP contribution in [0.15, 0.2) is 36.4 Å². The topological polar surface area (TPSA) is 23.8 Å². The highest BCUT2D eigenvalue weighted by Gasteiger charge is 2.18. The lowest BCUT2D eigenvalue weighted by Gasteiger charge is -2.24. The molecule has 0 heterocycles. The molecule has 96 valence electrons. The maximum atomic E-state index is 8.95. The van der Waals surface area contributed by atoms with Crippen molar-refractivity contribution in [3.63, 3.8) is 0 Å². The molecule has 0 spiro atoms. The quantitative estimate of drug-likeness (QED) is 0.738. The predicted octanol–water partition coefficient (Wildman–Crippen LogP) is 4.95. The highest BCUT2D eigenvalue weighted by atomic mass is 14.2. The van der Waals surface area contributed by atoms with E-state index < -0.39 is 0 Å². The lowest BCUT2D eigenvalue weighted by Crippen LogP contribution is -2.05. The zero-order valence-corrected chi connectivity index (χ0v) is 11.2. The van der Waals surface area contributed by atoms with Gasteiger partial charge in [-0.15, -0.1) is 0 Å². The van der Waals surface area contributed by atoms with Crippen molar-refractivity contribution in [1.82, 2.24) is 0 Å². The highest BCUT2D eigenvalue weighted by Crippen LogP contribution is 2.37. The van der Waals surface area contributed by atoms with E-state index >= 15 is 0 Å². The van der Waals surface area contributed by atoms with Gasteiger partial charge in [-0.25, -0.2) is 0 Å². The summed E-state index contributed by atoms with van der Waals surface area (Å²) in [6, 6.07) is 15.3.